The van der Waals surface area contributed by atoms with E-state index in [9.17, 15) is 4.79 Å². The van der Waals surface area contributed by atoms with Crippen molar-refractivity contribution >= 4 is 46.4 Å². The van der Waals surface area contributed by atoms with Crippen LogP contribution >= 0.6 is 34.8 Å². The fourth-order valence-electron chi connectivity index (χ4n) is 2.73. The van der Waals surface area contributed by atoms with E-state index in [1.807, 2.05) is 24.3 Å². The number of H-pyrrole nitrogens is 1. The topological polar surface area (TPSA) is 75.6 Å². The SMILES string of the molecule is O=C(Nc1cnn(Cc2ccc(Cl)cc2)c1)c1cc(-c2ccc(Cl)c(Cl)c2)n[nH]1. The van der Waals surface area contributed by atoms with Crippen LogP contribution in [-0.2, 0) is 6.54 Å². The molecule has 2 heterocycles. The Kier molecular flexibility index (Phi) is 5.58. The van der Waals surface area contributed by atoms with Crippen LogP contribution in [0.3, 0.4) is 0 Å². The van der Waals surface area contributed by atoms with Crippen LogP contribution in [0.15, 0.2) is 60.9 Å². The molecule has 146 valence electrons. The van der Waals surface area contributed by atoms with E-state index in [-0.39, 0.29) is 5.91 Å². The number of hydrogen-bond donors (Lipinski definition) is 2. The van der Waals surface area contributed by atoms with Gasteiger partial charge in [-0.15, -0.1) is 0 Å². The maximum absolute atomic E-state index is 12.5. The summed E-state index contributed by atoms with van der Waals surface area (Å²) < 4.78 is 1.73. The van der Waals surface area contributed by atoms with Crippen LogP contribution < -0.4 is 5.32 Å². The lowest BCUT2D eigenvalue weighted by molar-refractivity contribution is 0.102. The highest BCUT2D eigenvalue weighted by Gasteiger charge is 2.13. The van der Waals surface area contributed by atoms with Crippen molar-refractivity contribution in [2.45, 2.75) is 6.54 Å². The number of rotatable bonds is 5. The molecule has 0 bridgehead atoms. The summed E-state index contributed by atoms with van der Waals surface area (Å²) in [7, 11) is 0. The molecule has 1 amide bonds. The van der Waals surface area contributed by atoms with Crippen LogP contribution in [0.25, 0.3) is 11.3 Å². The van der Waals surface area contributed by atoms with E-state index < -0.39 is 0 Å². The third-order valence-electron chi connectivity index (χ3n) is 4.19. The Balaban J connectivity index is 1.43. The summed E-state index contributed by atoms with van der Waals surface area (Å²) in [6.45, 7) is 0.568. The van der Waals surface area contributed by atoms with E-state index >= 15 is 0 Å². The zero-order chi connectivity index (χ0) is 20.4. The lowest BCUT2D eigenvalue weighted by atomic mass is 10.1. The minimum absolute atomic E-state index is 0.316. The normalized spacial score (nSPS) is 10.9. The Morgan fingerprint density at radius 3 is 2.59 bits per heavy atom. The number of amides is 1. The summed E-state index contributed by atoms with van der Waals surface area (Å²) >= 11 is 17.9. The third kappa shape index (κ3) is 4.62. The first-order valence-corrected chi connectivity index (χ1v) is 9.70. The molecule has 29 heavy (non-hydrogen) atoms. The lowest BCUT2D eigenvalue weighted by Crippen LogP contribution is -2.11. The van der Waals surface area contributed by atoms with Crippen molar-refractivity contribution in [2.75, 3.05) is 5.32 Å². The number of anilines is 1. The van der Waals surface area contributed by atoms with Gasteiger partial charge < -0.3 is 5.32 Å². The Hall–Kier alpha value is -2.80. The second-order valence-electron chi connectivity index (χ2n) is 6.30. The van der Waals surface area contributed by atoms with Crippen LogP contribution in [0, 0.1) is 0 Å². The van der Waals surface area contributed by atoms with Crippen LogP contribution in [0.4, 0.5) is 5.69 Å². The summed E-state index contributed by atoms with van der Waals surface area (Å²) in [5, 5.41) is 15.5. The number of nitrogens with zero attached hydrogens (tertiary/aromatic N) is 3. The number of halogens is 3. The van der Waals surface area contributed by atoms with E-state index in [1.165, 1.54) is 0 Å². The first kappa shape index (κ1) is 19.5. The van der Waals surface area contributed by atoms with Gasteiger partial charge in [0.25, 0.3) is 5.91 Å². The van der Waals surface area contributed by atoms with Gasteiger partial charge in [-0.25, -0.2) is 0 Å². The van der Waals surface area contributed by atoms with Crippen molar-refractivity contribution in [2.24, 2.45) is 0 Å². The second kappa shape index (κ2) is 8.29. The van der Waals surface area contributed by atoms with Crippen molar-refractivity contribution < 1.29 is 4.79 Å². The predicted octanol–water partition coefficient (Wildman–Crippen LogP) is 5.53. The van der Waals surface area contributed by atoms with Crippen LogP contribution in [-0.4, -0.2) is 25.9 Å². The number of carbonyl (C=O) groups is 1. The summed E-state index contributed by atoms with van der Waals surface area (Å²) in [5.41, 5.74) is 3.29. The molecule has 0 unspecified atom stereocenters. The number of aromatic amines is 1. The van der Waals surface area contributed by atoms with Gasteiger partial charge in [-0.05, 0) is 35.9 Å². The molecule has 9 heteroatoms. The summed E-state index contributed by atoms with van der Waals surface area (Å²) in [6.07, 6.45) is 3.34. The average molecular weight is 447 g/mol. The van der Waals surface area contributed by atoms with E-state index in [1.54, 1.807) is 41.3 Å². The molecule has 0 aliphatic rings. The first-order valence-electron chi connectivity index (χ1n) is 8.57. The standard InChI is InChI=1S/C20H14Cl3N5O/c21-14-4-1-12(2-5-14)10-28-11-15(9-24-28)25-20(29)19-8-18(26-27-19)13-3-6-16(22)17(23)7-13/h1-9,11H,10H2,(H,25,29)(H,26,27). The molecule has 2 aromatic heterocycles. The molecule has 0 saturated heterocycles. The molecule has 0 atom stereocenters. The molecule has 2 aromatic carbocycles. The van der Waals surface area contributed by atoms with Gasteiger partial charge in [0.2, 0.25) is 0 Å². The van der Waals surface area contributed by atoms with E-state index in [2.05, 4.69) is 20.6 Å². The third-order valence-corrected chi connectivity index (χ3v) is 5.18. The Labute approximate surface area is 181 Å². The van der Waals surface area contributed by atoms with Crippen LogP contribution in [0.1, 0.15) is 16.1 Å². The zero-order valence-corrected chi connectivity index (χ0v) is 17.1. The fourth-order valence-corrected chi connectivity index (χ4v) is 3.16. The molecule has 4 aromatic rings. The number of nitrogens with one attached hydrogen (secondary N) is 2. The highest BCUT2D eigenvalue weighted by molar-refractivity contribution is 6.42. The first-order chi connectivity index (χ1) is 14.0. The molecule has 6 nitrogen and oxygen atoms in total. The smallest absolute Gasteiger partial charge is 0.273 e. The summed E-state index contributed by atoms with van der Waals surface area (Å²) in [6, 6.07) is 14.3. The van der Waals surface area contributed by atoms with Gasteiger partial charge in [0.15, 0.2) is 0 Å². The van der Waals surface area contributed by atoms with Gasteiger partial charge in [0.1, 0.15) is 5.69 Å². The van der Waals surface area contributed by atoms with E-state index in [4.69, 9.17) is 34.8 Å². The van der Waals surface area contributed by atoms with E-state index in [0.717, 1.165) is 11.1 Å². The maximum atomic E-state index is 12.5. The quantitative estimate of drug-likeness (QED) is 0.423. The van der Waals surface area contributed by atoms with Crippen molar-refractivity contribution in [3.63, 3.8) is 0 Å². The van der Waals surface area contributed by atoms with Crippen LogP contribution in [0.5, 0.6) is 0 Å². The average Bonchev–Trinajstić information content (AvgIpc) is 3.36. The molecule has 2 N–H and O–H groups in total. The van der Waals surface area contributed by atoms with Gasteiger partial charge in [0, 0.05) is 16.8 Å². The Morgan fingerprint density at radius 2 is 1.83 bits per heavy atom. The molecular formula is C20H14Cl3N5O. The second-order valence-corrected chi connectivity index (χ2v) is 7.55. The molecular weight excluding hydrogens is 433 g/mol. The minimum atomic E-state index is -0.324. The molecule has 4 rings (SSSR count). The van der Waals surface area contributed by atoms with E-state index in [0.29, 0.717) is 38.7 Å². The predicted molar refractivity (Wildman–Crippen MR) is 115 cm³/mol. The highest BCUT2D eigenvalue weighted by Crippen LogP contribution is 2.27. The Bertz CT molecular complexity index is 1170. The molecule has 0 aliphatic heterocycles. The largest absolute Gasteiger partial charge is 0.318 e. The number of aromatic nitrogens is 4. The summed E-state index contributed by atoms with van der Waals surface area (Å²) in [5.74, 6) is -0.324. The molecule has 0 fully saturated rings. The van der Waals surface area contributed by atoms with Gasteiger partial charge >= 0.3 is 0 Å². The highest BCUT2D eigenvalue weighted by atomic mass is 35.5. The summed E-state index contributed by atoms with van der Waals surface area (Å²) in [4.78, 5) is 12.5. The lowest BCUT2D eigenvalue weighted by Gasteiger charge is -2.02. The molecule has 0 spiro atoms. The molecule has 0 aliphatic carbocycles. The van der Waals surface area contributed by atoms with Crippen LogP contribution in [0.2, 0.25) is 15.1 Å². The minimum Gasteiger partial charge on any atom is -0.318 e. The number of benzene rings is 2. The van der Waals surface area contributed by atoms with Gasteiger partial charge in [-0.1, -0.05) is 53.0 Å². The van der Waals surface area contributed by atoms with Crippen molar-refractivity contribution in [1.82, 2.24) is 20.0 Å². The maximum Gasteiger partial charge on any atom is 0.273 e. The van der Waals surface area contributed by atoms with Gasteiger partial charge in [-0.2, -0.15) is 10.2 Å². The van der Waals surface area contributed by atoms with Crippen molar-refractivity contribution in [3.05, 3.63) is 87.2 Å². The monoisotopic (exact) mass is 445 g/mol. The van der Waals surface area contributed by atoms with Gasteiger partial charge in [0.05, 0.1) is 34.2 Å². The fraction of sp³-hybridized carbons (Fsp3) is 0.0500. The van der Waals surface area contributed by atoms with Crippen molar-refractivity contribution in [1.29, 1.82) is 0 Å². The van der Waals surface area contributed by atoms with Gasteiger partial charge in [-0.3, -0.25) is 14.6 Å². The number of hydrogen-bond acceptors (Lipinski definition) is 3. The zero-order valence-electron chi connectivity index (χ0n) is 14.9. The van der Waals surface area contributed by atoms with Crippen molar-refractivity contribution in [3.8, 4) is 11.3 Å². The Morgan fingerprint density at radius 1 is 1.03 bits per heavy atom. The molecule has 0 radical (unpaired) electrons. The number of carbonyl (C=O) groups excluding carboxylic acids is 1. The molecule has 0 saturated carbocycles.